The van der Waals surface area contributed by atoms with Gasteiger partial charge in [-0.15, -0.1) is 0 Å². The van der Waals surface area contributed by atoms with Crippen molar-refractivity contribution in [1.29, 1.82) is 0 Å². The van der Waals surface area contributed by atoms with Gasteiger partial charge in [-0.05, 0) is 28.7 Å². The topological polar surface area (TPSA) is 57.6 Å². The number of carboxylic acids is 1. The van der Waals surface area contributed by atoms with Crippen LogP contribution in [-0.4, -0.2) is 21.9 Å². The second kappa shape index (κ2) is 5.23. The van der Waals surface area contributed by atoms with Gasteiger partial charge in [0.1, 0.15) is 0 Å². The van der Waals surface area contributed by atoms with Gasteiger partial charge in [-0.3, -0.25) is 9.59 Å². The van der Waals surface area contributed by atoms with Gasteiger partial charge in [0, 0.05) is 13.1 Å². The van der Waals surface area contributed by atoms with Crippen LogP contribution in [0.2, 0.25) is 0 Å². The van der Waals surface area contributed by atoms with E-state index in [1.54, 1.807) is 4.90 Å². The third kappa shape index (κ3) is 2.40. The van der Waals surface area contributed by atoms with Crippen molar-refractivity contribution in [1.82, 2.24) is 4.90 Å². The van der Waals surface area contributed by atoms with Crippen LogP contribution < -0.4 is 0 Å². The zero-order valence-corrected chi connectivity index (χ0v) is 12.6. The van der Waals surface area contributed by atoms with Crippen LogP contribution in [0.5, 0.6) is 0 Å². The average Bonchev–Trinajstić information content (AvgIpc) is 3.36. The summed E-state index contributed by atoms with van der Waals surface area (Å²) in [5.74, 6) is -1.76. The maximum Gasteiger partial charge on any atom is 0.307 e. The Kier molecular flexibility index (Phi) is 3.18. The van der Waals surface area contributed by atoms with Crippen molar-refractivity contribution in [2.24, 2.45) is 11.8 Å². The molecule has 0 spiro atoms. The van der Waals surface area contributed by atoms with E-state index in [9.17, 15) is 9.59 Å². The van der Waals surface area contributed by atoms with Crippen molar-refractivity contribution >= 4 is 11.9 Å². The van der Waals surface area contributed by atoms with Gasteiger partial charge in [-0.2, -0.15) is 0 Å². The van der Waals surface area contributed by atoms with Crippen LogP contribution in [0, 0.1) is 11.8 Å². The lowest BCUT2D eigenvalue weighted by Crippen LogP contribution is -2.31. The Morgan fingerprint density at radius 2 is 1.39 bits per heavy atom. The number of nitrogens with zero attached hydrogens (tertiary/aromatic N) is 1. The lowest BCUT2D eigenvalue weighted by atomic mass is 9.97. The number of rotatable bonds is 2. The lowest BCUT2D eigenvalue weighted by Gasteiger charge is -2.21. The molecule has 1 fully saturated rings. The van der Waals surface area contributed by atoms with E-state index in [1.165, 1.54) is 0 Å². The summed E-state index contributed by atoms with van der Waals surface area (Å²) in [6.45, 7) is 1.07. The molecule has 1 heterocycles. The van der Waals surface area contributed by atoms with Crippen molar-refractivity contribution in [3.05, 3.63) is 59.7 Å². The summed E-state index contributed by atoms with van der Waals surface area (Å²) >= 11 is 0. The zero-order valence-electron chi connectivity index (χ0n) is 12.6. The highest BCUT2D eigenvalue weighted by Crippen LogP contribution is 2.42. The minimum absolute atomic E-state index is 0.0380. The van der Waals surface area contributed by atoms with Gasteiger partial charge in [-0.25, -0.2) is 0 Å². The molecule has 1 N–H and O–H groups in total. The Hall–Kier alpha value is -2.62. The van der Waals surface area contributed by atoms with E-state index in [2.05, 4.69) is 12.1 Å². The normalized spacial score (nSPS) is 21.8. The largest absolute Gasteiger partial charge is 0.481 e. The number of hydrogen-bond acceptors (Lipinski definition) is 2. The average molecular weight is 307 g/mol. The molecule has 1 aliphatic heterocycles. The molecule has 0 unspecified atom stereocenters. The van der Waals surface area contributed by atoms with Crippen LogP contribution in [0.4, 0.5) is 0 Å². The fraction of sp³-hybridized carbons (Fsp3) is 0.263. The molecular formula is C19H17NO3. The highest BCUT2D eigenvalue weighted by Gasteiger charge is 2.50. The van der Waals surface area contributed by atoms with Gasteiger partial charge in [0.25, 0.3) is 0 Å². The minimum Gasteiger partial charge on any atom is -0.481 e. The minimum atomic E-state index is -0.862. The van der Waals surface area contributed by atoms with Gasteiger partial charge < -0.3 is 10.0 Å². The van der Waals surface area contributed by atoms with Gasteiger partial charge in [0.2, 0.25) is 5.91 Å². The number of carbonyl (C=O) groups is 2. The van der Waals surface area contributed by atoms with Crippen LogP contribution in [0.1, 0.15) is 17.5 Å². The number of aliphatic carboxylic acids is 1. The molecule has 1 saturated carbocycles. The van der Waals surface area contributed by atoms with Crippen LogP contribution in [-0.2, 0) is 22.7 Å². The van der Waals surface area contributed by atoms with Crippen molar-refractivity contribution in [3.8, 4) is 11.1 Å². The van der Waals surface area contributed by atoms with Crippen molar-refractivity contribution in [2.45, 2.75) is 19.5 Å². The molecule has 23 heavy (non-hydrogen) atoms. The fourth-order valence-corrected chi connectivity index (χ4v) is 3.44. The van der Waals surface area contributed by atoms with E-state index < -0.39 is 11.9 Å². The fourth-order valence-electron chi connectivity index (χ4n) is 3.44. The van der Waals surface area contributed by atoms with E-state index in [1.807, 2.05) is 36.4 Å². The monoisotopic (exact) mass is 307 g/mol. The van der Waals surface area contributed by atoms with Gasteiger partial charge in [-0.1, -0.05) is 48.5 Å². The molecule has 4 nitrogen and oxygen atoms in total. The Balaban J connectivity index is 1.70. The lowest BCUT2D eigenvalue weighted by molar-refractivity contribution is -0.142. The standard InChI is InChI=1S/C19H17NO3/c21-18(16-9-17(16)19(22)23)20-10-12-5-1-3-7-14(12)15-8-4-2-6-13(15)11-20/h1-8,16-17H,9-11H2,(H,22,23)/t16-,17+/m0/s1. The van der Waals surface area contributed by atoms with Crippen molar-refractivity contribution < 1.29 is 14.7 Å². The summed E-state index contributed by atoms with van der Waals surface area (Å²) in [4.78, 5) is 25.6. The number of carbonyl (C=O) groups excluding carboxylic acids is 1. The summed E-state index contributed by atoms with van der Waals surface area (Å²) in [6.07, 6.45) is 0.466. The van der Waals surface area contributed by atoms with E-state index >= 15 is 0 Å². The highest BCUT2D eigenvalue weighted by atomic mass is 16.4. The summed E-state index contributed by atoms with van der Waals surface area (Å²) in [7, 11) is 0. The maximum absolute atomic E-state index is 12.7. The Labute approximate surface area is 134 Å². The molecule has 2 aromatic carbocycles. The van der Waals surface area contributed by atoms with Gasteiger partial charge in [0.15, 0.2) is 0 Å². The predicted octanol–water partition coefficient (Wildman–Crippen LogP) is 2.92. The number of amides is 1. The molecule has 4 heteroatoms. The number of hydrogen-bond donors (Lipinski definition) is 1. The third-order valence-corrected chi connectivity index (χ3v) is 4.78. The smallest absolute Gasteiger partial charge is 0.307 e. The van der Waals surface area contributed by atoms with Crippen molar-refractivity contribution in [3.63, 3.8) is 0 Å². The van der Waals surface area contributed by atoms with Crippen LogP contribution in [0.25, 0.3) is 11.1 Å². The first kappa shape index (κ1) is 14.0. The zero-order chi connectivity index (χ0) is 16.0. The summed E-state index contributed by atoms with van der Waals surface area (Å²) in [6, 6.07) is 16.2. The van der Waals surface area contributed by atoms with E-state index in [0.29, 0.717) is 19.5 Å². The number of carboxylic acid groups (broad SMARTS) is 1. The Morgan fingerprint density at radius 1 is 0.870 bits per heavy atom. The van der Waals surface area contributed by atoms with Gasteiger partial charge >= 0.3 is 5.97 Å². The molecule has 2 atom stereocenters. The molecule has 1 aliphatic carbocycles. The first-order chi connectivity index (χ1) is 11.1. The van der Waals surface area contributed by atoms with E-state index in [4.69, 9.17) is 5.11 Å². The van der Waals surface area contributed by atoms with Gasteiger partial charge in [0.05, 0.1) is 11.8 Å². The van der Waals surface area contributed by atoms with Crippen LogP contribution in [0.15, 0.2) is 48.5 Å². The third-order valence-electron chi connectivity index (χ3n) is 4.78. The van der Waals surface area contributed by atoms with Crippen LogP contribution in [0.3, 0.4) is 0 Å². The number of fused-ring (bicyclic) bond motifs is 3. The quantitative estimate of drug-likeness (QED) is 0.928. The molecule has 0 aromatic heterocycles. The maximum atomic E-state index is 12.7. The second-order valence-electron chi connectivity index (χ2n) is 6.30. The predicted molar refractivity (Wildman–Crippen MR) is 85.4 cm³/mol. The molecule has 2 aromatic rings. The summed E-state index contributed by atoms with van der Waals surface area (Å²) < 4.78 is 0. The SMILES string of the molecule is O=C(O)[C@@H]1C[C@@H]1C(=O)N1Cc2ccccc2-c2ccccc2C1. The second-order valence-corrected chi connectivity index (χ2v) is 6.30. The molecule has 1 amide bonds. The number of benzene rings is 2. The van der Waals surface area contributed by atoms with Crippen LogP contribution >= 0.6 is 0 Å². The first-order valence-electron chi connectivity index (χ1n) is 7.83. The molecule has 4 rings (SSSR count). The Morgan fingerprint density at radius 3 is 1.87 bits per heavy atom. The molecule has 2 aliphatic rings. The Bertz CT molecular complexity index is 751. The molecule has 116 valence electrons. The summed E-state index contributed by atoms with van der Waals surface area (Å²) in [5, 5.41) is 9.07. The molecular weight excluding hydrogens is 290 g/mol. The molecule has 0 bridgehead atoms. The summed E-state index contributed by atoms with van der Waals surface area (Å²) in [5.41, 5.74) is 4.53. The first-order valence-corrected chi connectivity index (χ1v) is 7.83. The van der Waals surface area contributed by atoms with Crippen molar-refractivity contribution in [2.75, 3.05) is 0 Å². The van der Waals surface area contributed by atoms with E-state index in [0.717, 1.165) is 22.3 Å². The van der Waals surface area contributed by atoms with E-state index in [-0.39, 0.29) is 11.8 Å². The molecule has 0 saturated heterocycles. The highest BCUT2D eigenvalue weighted by molar-refractivity contribution is 5.90. The molecule has 0 radical (unpaired) electrons.